The molecule has 1 fully saturated rings. The summed E-state index contributed by atoms with van der Waals surface area (Å²) < 4.78 is 18.1. The van der Waals surface area contributed by atoms with Crippen LogP contribution < -0.4 is 5.32 Å². The smallest absolute Gasteiger partial charge is 0.124 e. The Bertz CT molecular complexity index is 394. The first-order chi connectivity index (χ1) is 7.29. The molecule has 1 atom stereocenters. The fraction of sp³-hybridized carbons (Fsp3) is 0.364. The zero-order valence-electron chi connectivity index (χ0n) is 8.16. The highest BCUT2D eigenvalue weighted by Crippen LogP contribution is 2.19. The van der Waals surface area contributed by atoms with Crippen LogP contribution in [0.25, 0.3) is 0 Å². The number of ether oxygens (including phenoxy) is 1. The molecule has 0 aromatic heterocycles. The van der Waals surface area contributed by atoms with Gasteiger partial charge in [0.2, 0.25) is 0 Å². The molecule has 1 aliphatic rings. The van der Waals surface area contributed by atoms with E-state index in [2.05, 4.69) is 5.32 Å². The highest BCUT2D eigenvalue weighted by Gasteiger charge is 2.16. The van der Waals surface area contributed by atoms with Gasteiger partial charge in [-0.3, -0.25) is 0 Å². The first-order valence-electron chi connectivity index (χ1n) is 4.83. The summed E-state index contributed by atoms with van der Waals surface area (Å²) in [5, 5.41) is 12.0. The molecule has 1 heterocycles. The van der Waals surface area contributed by atoms with E-state index in [-0.39, 0.29) is 11.9 Å². The number of rotatable bonds is 2. The Balaban J connectivity index is 2.16. The van der Waals surface area contributed by atoms with Gasteiger partial charge in [0.15, 0.2) is 0 Å². The lowest BCUT2D eigenvalue weighted by Gasteiger charge is -2.13. The molecule has 78 valence electrons. The molecule has 1 aromatic carbocycles. The molecule has 1 aromatic rings. The molecule has 0 bridgehead atoms. The third-order valence-corrected chi connectivity index (χ3v) is 2.39. The second-order valence-corrected chi connectivity index (χ2v) is 3.51. The van der Waals surface area contributed by atoms with Gasteiger partial charge in [0.1, 0.15) is 11.9 Å². The summed E-state index contributed by atoms with van der Waals surface area (Å²) in [6.45, 7) is 1.38. The number of anilines is 1. The predicted octanol–water partition coefficient (Wildman–Crippen LogP) is 1.90. The van der Waals surface area contributed by atoms with Crippen LogP contribution in [0.5, 0.6) is 0 Å². The van der Waals surface area contributed by atoms with Crippen molar-refractivity contribution in [2.24, 2.45) is 0 Å². The van der Waals surface area contributed by atoms with Crippen molar-refractivity contribution in [3.63, 3.8) is 0 Å². The van der Waals surface area contributed by atoms with Gasteiger partial charge in [0, 0.05) is 6.61 Å². The van der Waals surface area contributed by atoms with Gasteiger partial charge < -0.3 is 10.1 Å². The second-order valence-electron chi connectivity index (χ2n) is 3.51. The zero-order valence-corrected chi connectivity index (χ0v) is 8.16. The van der Waals surface area contributed by atoms with Gasteiger partial charge in [-0.2, -0.15) is 5.26 Å². The molecule has 1 N–H and O–H groups in total. The largest absolute Gasteiger partial charge is 0.379 e. The van der Waals surface area contributed by atoms with Crippen LogP contribution >= 0.6 is 0 Å². The number of nitrogens with one attached hydrogen (secondary N) is 1. The predicted molar refractivity (Wildman–Crippen MR) is 54.0 cm³/mol. The minimum absolute atomic E-state index is 0.225. The Morgan fingerprint density at radius 2 is 2.40 bits per heavy atom. The van der Waals surface area contributed by atoms with Crippen LogP contribution in [-0.2, 0) is 4.74 Å². The number of nitrogens with zero attached hydrogens (tertiary/aromatic N) is 1. The Hall–Kier alpha value is -1.60. The number of halogens is 1. The van der Waals surface area contributed by atoms with E-state index in [1.165, 1.54) is 12.1 Å². The van der Waals surface area contributed by atoms with E-state index < -0.39 is 0 Å². The summed E-state index contributed by atoms with van der Waals surface area (Å²) >= 11 is 0. The highest BCUT2D eigenvalue weighted by atomic mass is 19.1. The van der Waals surface area contributed by atoms with E-state index >= 15 is 0 Å². The molecule has 0 radical (unpaired) electrons. The number of hydrogen-bond donors (Lipinski definition) is 1. The van der Waals surface area contributed by atoms with E-state index in [1.807, 2.05) is 6.07 Å². The molecule has 3 nitrogen and oxygen atoms in total. The summed E-state index contributed by atoms with van der Waals surface area (Å²) in [4.78, 5) is 0. The third kappa shape index (κ3) is 2.25. The minimum atomic E-state index is -0.389. The van der Waals surface area contributed by atoms with E-state index in [0.717, 1.165) is 13.0 Å². The first kappa shape index (κ1) is 9.94. The maximum atomic E-state index is 12.8. The summed E-state index contributed by atoms with van der Waals surface area (Å²) in [5.74, 6) is -0.389. The van der Waals surface area contributed by atoms with Crippen molar-refractivity contribution in [3.05, 3.63) is 29.6 Å². The molecule has 2 rings (SSSR count). The average Bonchev–Trinajstić information content (AvgIpc) is 2.73. The first-order valence-corrected chi connectivity index (χ1v) is 4.83. The maximum Gasteiger partial charge on any atom is 0.124 e. The molecule has 1 unspecified atom stereocenters. The van der Waals surface area contributed by atoms with Crippen molar-refractivity contribution in [2.45, 2.75) is 12.5 Å². The topological polar surface area (TPSA) is 45.0 Å². The number of hydrogen-bond acceptors (Lipinski definition) is 3. The SMILES string of the molecule is N#Cc1cc(F)ccc1NC1CCOC1. The summed E-state index contributed by atoms with van der Waals surface area (Å²) in [6.07, 6.45) is 0.919. The molecule has 0 aliphatic carbocycles. The van der Waals surface area contributed by atoms with Crippen LogP contribution in [0.15, 0.2) is 18.2 Å². The van der Waals surface area contributed by atoms with Gasteiger partial charge in [-0.05, 0) is 24.6 Å². The fourth-order valence-corrected chi connectivity index (χ4v) is 1.60. The lowest BCUT2D eigenvalue weighted by molar-refractivity contribution is 0.195. The van der Waals surface area contributed by atoms with Crippen LogP contribution in [0.4, 0.5) is 10.1 Å². The van der Waals surface area contributed by atoms with E-state index in [9.17, 15) is 4.39 Å². The van der Waals surface area contributed by atoms with Crippen molar-refractivity contribution in [2.75, 3.05) is 18.5 Å². The highest BCUT2D eigenvalue weighted by molar-refractivity contribution is 5.58. The zero-order chi connectivity index (χ0) is 10.7. The third-order valence-electron chi connectivity index (χ3n) is 2.39. The van der Waals surface area contributed by atoms with Crippen LogP contribution in [0.1, 0.15) is 12.0 Å². The van der Waals surface area contributed by atoms with Crippen molar-refractivity contribution < 1.29 is 9.13 Å². The van der Waals surface area contributed by atoms with Gasteiger partial charge in [-0.15, -0.1) is 0 Å². The van der Waals surface area contributed by atoms with Gasteiger partial charge >= 0.3 is 0 Å². The summed E-state index contributed by atoms with van der Waals surface area (Å²) in [6, 6.07) is 6.36. The molecule has 0 saturated carbocycles. The van der Waals surface area contributed by atoms with Crippen molar-refractivity contribution >= 4 is 5.69 Å². The monoisotopic (exact) mass is 206 g/mol. The summed E-state index contributed by atoms with van der Waals surface area (Å²) in [5.41, 5.74) is 1.01. The molecule has 1 saturated heterocycles. The van der Waals surface area contributed by atoms with Gasteiger partial charge in [-0.25, -0.2) is 4.39 Å². The maximum absolute atomic E-state index is 12.8. The van der Waals surface area contributed by atoms with Crippen molar-refractivity contribution in [3.8, 4) is 6.07 Å². The van der Waals surface area contributed by atoms with Gasteiger partial charge in [0.05, 0.1) is 23.9 Å². The van der Waals surface area contributed by atoms with Gasteiger partial charge in [0.25, 0.3) is 0 Å². The fourth-order valence-electron chi connectivity index (χ4n) is 1.60. The Labute approximate surface area is 87.5 Å². The molecular weight excluding hydrogens is 195 g/mol. The Kier molecular flexibility index (Phi) is 2.84. The van der Waals surface area contributed by atoms with Crippen LogP contribution in [0.2, 0.25) is 0 Å². The molecular formula is C11H11FN2O. The van der Waals surface area contributed by atoms with Crippen LogP contribution in [-0.4, -0.2) is 19.3 Å². The van der Waals surface area contributed by atoms with Crippen molar-refractivity contribution in [1.82, 2.24) is 0 Å². The quantitative estimate of drug-likeness (QED) is 0.803. The number of benzene rings is 1. The second kappa shape index (κ2) is 4.28. The molecule has 1 aliphatic heterocycles. The molecule has 0 amide bonds. The van der Waals surface area contributed by atoms with E-state index in [1.54, 1.807) is 6.07 Å². The lowest BCUT2D eigenvalue weighted by atomic mass is 10.1. The minimum Gasteiger partial charge on any atom is -0.379 e. The van der Waals surface area contributed by atoms with Crippen LogP contribution in [0, 0.1) is 17.1 Å². The van der Waals surface area contributed by atoms with Crippen molar-refractivity contribution in [1.29, 1.82) is 5.26 Å². The molecule has 0 spiro atoms. The molecule has 4 heteroatoms. The standard InChI is InChI=1S/C11H11FN2O/c12-9-1-2-11(8(5-9)6-13)14-10-3-4-15-7-10/h1-2,5,10,14H,3-4,7H2. The van der Waals surface area contributed by atoms with E-state index in [0.29, 0.717) is 17.9 Å². The average molecular weight is 206 g/mol. The normalized spacial score (nSPS) is 19.9. The van der Waals surface area contributed by atoms with E-state index in [4.69, 9.17) is 10.00 Å². The number of nitriles is 1. The Morgan fingerprint density at radius 3 is 3.07 bits per heavy atom. The Morgan fingerprint density at radius 1 is 1.53 bits per heavy atom. The lowest BCUT2D eigenvalue weighted by Crippen LogP contribution is -2.19. The van der Waals surface area contributed by atoms with Crippen LogP contribution in [0.3, 0.4) is 0 Å². The summed E-state index contributed by atoms with van der Waals surface area (Å²) in [7, 11) is 0. The molecule has 15 heavy (non-hydrogen) atoms. The van der Waals surface area contributed by atoms with Gasteiger partial charge in [-0.1, -0.05) is 0 Å².